The molecule has 9 heteroatoms. The van der Waals surface area contributed by atoms with E-state index < -0.39 is 41.8 Å². The standard InChI is InChI=1S/C16H15N3O6/c20-12-7-11(14(22)18-12)19-13(21)6-10(15(19)23)17-16(24)25-8-9-4-2-1-3-5-9/h1-5,10-11H,6-8H2,(H,17,24)(H,18,20,22). The molecule has 2 aliphatic heterocycles. The fraction of sp³-hybridized carbons (Fsp3) is 0.312. The van der Waals surface area contributed by atoms with Crippen LogP contribution in [0.5, 0.6) is 0 Å². The monoisotopic (exact) mass is 345 g/mol. The van der Waals surface area contributed by atoms with Crippen LogP contribution in [0.15, 0.2) is 30.3 Å². The van der Waals surface area contributed by atoms with Gasteiger partial charge in [0.1, 0.15) is 18.7 Å². The van der Waals surface area contributed by atoms with Gasteiger partial charge in [0.15, 0.2) is 0 Å². The van der Waals surface area contributed by atoms with Crippen molar-refractivity contribution in [3.63, 3.8) is 0 Å². The molecule has 1 aromatic carbocycles. The molecule has 2 atom stereocenters. The molecule has 2 aliphatic rings. The van der Waals surface area contributed by atoms with E-state index in [1.165, 1.54) is 0 Å². The smallest absolute Gasteiger partial charge is 0.408 e. The zero-order valence-corrected chi connectivity index (χ0v) is 13.1. The molecule has 0 spiro atoms. The summed E-state index contributed by atoms with van der Waals surface area (Å²) >= 11 is 0. The minimum absolute atomic E-state index is 0.0186. The van der Waals surface area contributed by atoms with Crippen LogP contribution in [-0.4, -0.2) is 46.7 Å². The summed E-state index contributed by atoms with van der Waals surface area (Å²) in [6.45, 7) is 0.0186. The lowest BCUT2D eigenvalue weighted by atomic mass is 10.2. The minimum Gasteiger partial charge on any atom is -0.445 e. The summed E-state index contributed by atoms with van der Waals surface area (Å²) in [7, 11) is 0. The molecule has 2 fully saturated rings. The molecular weight excluding hydrogens is 330 g/mol. The fourth-order valence-corrected chi connectivity index (χ4v) is 2.75. The van der Waals surface area contributed by atoms with Crippen molar-refractivity contribution < 1.29 is 28.7 Å². The number of hydrogen-bond donors (Lipinski definition) is 2. The summed E-state index contributed by atoms with van der Waals surface area (Å²) in [6, 6.07) is 6.69. The summed E-state index contributed by atoms with van der Waals surface area (Å²) in [5.74, 6) is -2.59. The van der Waals surface area contributed by atoms with Crippen LogP contribution >= 0.6 is 0 Å². The maximum atomic E-state index is 12.3. The molecule has 0 bridgehead atoms. The second-order valence-corrected chi connectivity index (χ2v) is 5.70. The normalized spacial score (nSPS) is 23.0. The van der Waals surface area contributed by atoms with Gasteiger partial charge in [-0.05, 0) is 5.56 Å². The first-order chi connectivity index (χ1) is 12.0. The van der Waals surface area contributed by atoms with Gasteiger partial charge in [0.25, 0.3) is 5.91 Å². The van der Waals surface area contributed by atoms with E-state index in [2.05, 4.69) is 5.32 Å². The second-order valence-electron chi connectivity index (χ2n) is 5.70. The van der Waals surface area contributed by atoms with E-state index in [9.17, 15) is 24.0 Å². The van der Waals surface area contributed by atoms with Crippen LogP contribution in [0.2, 0.25) is 0 Å². The average molecular weight is 345 g/mol. The third-order valence-corrected chi connectivity index (χ3v) is 3.94. The summed E-state index contributed by atoms with van der Waals surface area (Å²) in [5.41, 5.74) is 0.772. The maximum absolute atomic E-state index is 12.3. The van der Waals surface area contributed by atoms with Crippen molar-refractivity contribution in [2.45, 2.75) is 31.5 Å². The van der Waals surface area contributed by atoms with Crippen LogP contribution in [-0.2, 0) is 30.5 Å². The first kappa shape index (κ1) is 16.6. The summed E-state index contributed by atoms with van der Waals surface area (Å²) in [5, 5.41) is 4.36. The number of hydrogen-bond acceptors (Lipinski definition) is 6. The average Bonchev–Trinajstić information content (AvgIpc) is 3.04. The lowest BCUT2D eigenvalue weighted by Crippen LogP contribution is -2.48. The molecule has 3 rings (SSSR count). The summed E-state index contributed by atoms with van der Waals surface area (Å²) in [4.78, 5) is 59.8. The Morgan fingerprint density at radius 2 is 1.88 bits per heavy atom. The molecular formula is C16H15N3O6. The Hall–Kier alpha value is -3.23. The number of amides is 5. The van der Waals surface area contributed by atoms with Gasteiger partial charge in [-0.15, -0.1) is 0 Å². The van der Waals surface area contributed by atoms with E-state index in [1.807, 2.05) is 11.4 Å². The predicted octanol–water partition coefficient (Wildman–Crippen LogP) is -0.545. The van der Waals surface area contributed by atoms with Gasteiger partial charge in [0.05, 0.1) is 12.8 Å². The Kier molecular flexibility index (Phi) is 4.46. The molecule has 9 nitrogen and oxygen atoms in total. The topological polar surface area (TPSA) is 122 Å². The number of nitrogens with zero attached hydrogens (tertiary/aromatic N) is 1. The van der Waals surface area contributed by atoms with Gasteiger partial charge in [0, 0.05) is 0 Å². The number of nitrogens with one attached hydrogen (secondary N) is 2. The molecule has 130 valence electrons. The number of benzene rings is 1. The molecule has 0 radical (unpaired) electrons. The Morgan fingerprint density at radius 1 is 1.16 bits per heavy atom. The van der Waals surface area contributed by atoms with Crippen LogP contribution in [0.4, 0.5) is 4.79 Å². The van der Waals surface area contributed by atoms with E-state index in [4.69, 9.17) is 4.74 Å². The quantitative estimate of drug-likeness (QED) is 0.707. The van der Waals surface area contributed by atoms with Gasteiger partial charge in [-0.3, -0.25) is 29.4 Å². The largest absolute Gasteiger partial charge is 0.445 e. The first-order valence-electron chi connectivity index (χ1n) is 7.62. The molecule has 2 N–H and O–H groups in total. The zero-order chi connectivity index (χ0) is 18.0. The third-order valence-electron chi connectivity index (χ3n) is 3.94. The molecule has 2 saturated heterocycles. The maximum Gasteiger partial charge on any atom is 0.408 e. The van der Waals surface area contributed by atoms with Crippen molar-refractivity contribution in [1.29, 1.82) is 0 Å². The molecule has 25 heavy (non-hydrogen) atoms. The Labute approximate surface area is 142 Å². The van der Waals surface area contributed by atoms with E-state index in [-0.39, 0.29) is 19.4 Å². The zero-order valence-electron chi connectivity index (χ0n) is 13.1. The number of alkyl carbamates (subject to hydrolysis) is 1. The lowest BCUT2D eigenvalue weighted by molar-refractivity contribution is -0.145. The number of rotatable bonds is 4. The van der Waals surface area contributed by atoms with E-state index >= 15 is 0 Å². The molecule has 0 aliphatic carbocycles. The van der Waals surface area contributed by atoms with Crippen molar-refractivity contribution >= 4 is 29.7 Å². The second kappa shape index (κ2) is 6.71. The molecule has 2 unspecified atom stereocenters. The molecule has 0 saturated carbocycles. The van der Waals surface area contributed by atoms with Crippen molar-refractivity contribution in [3.05, 3.63) is 35.9 Å². The van der Waals surface area contributed by atoms with E-state index in [0.29, 0.717) is 0 Å². The number of carbonyl (C=O) groups is 5. The van der Waals surface area contributed by atoms with E-state index in [1.54, 1.807) is 24.3 Å². The number of carbonyl (C=O) groups excluding carboxylic acids is 5. The van der Waals surface area contributed by atoms with Gasteiger partial charge in [-0.2, -0.15) is 0 Å². The fourth-order valence-electron chi connectivity index (χ4n) is 2.75. The van der Waals surface area contributed by atoms with Crippen LogP contribution in [0.25, 0.3) is 0 Å². The van der Waals surface area contributed by atoms with Crippen molar-refractivity contribution in [2.75, 3.05) is 0 Å². The molecule has 2 heterocycles. The van der Waals surface area contributed by atoms with Crippen LogP contribution in [0.3, 0.4) is 0 Å². The number of ether oxygens (including phenoxy) is 1. The van der Waals surface area contributed by atoms with Gasteiger partial charge in [-0.1, -0.05) is 30.3 Å². The number of likely N-dealkylation sites (tertiary alicyclic amines) is 1. The van der Waals surface area contributed by atoms with Crippen LogP contribution < -0.4 is 10.6 Å². The van der Waals surface area contributed by atoms with Crippen molar-refractivity contribution in [2.24, 2.45) is 0 Å². The van der Waals surface area contributed by atoms with Gasteiger partial charge in [-0.25, -0.2) is 4.79 Å². The lowest BCUT2D eigenvalue weighted by Gasteiger charge is -2.19. The van der Waals surface area contributed by atoms with Crippen LogP contribution in [0.1, 0.15) is 18.4 Å². The Morgan fingerprint density at radius 3 is 2.52 bits per heavy atom. The van der Waals surface area contributed by atoms with E-state index in [0.717, 1.165) is 10.5 Å². The minimum atomic E-state index is -1.15. The molecule has 1 aromatic rings. The number of imide groups is 2. The van der Waals surface area contributed by atoms with Gasteiger partial charge in [0.2, 0.25) is 17.7 Å². The van der Waals surface area contributed by atoms with Crippen molar-refractivity contribution in [1.82, 2.24) is 15.5 Å². The van der Waals surface area contributed by atoms with Gasteiger partial charge < -0.3 is 10.1 Å². The van der Waals surface area contributed by atoms with Gasteiger partial charge >= 0.3 is 6.09 Å². The molecule has 0 aromatic heterocycles. The Bertz CT molecular complexity index is 747. The Balaban J connectivity index is 1.57. The highest BCUT2D eigenvalue weighted by Gasteiger charge is 2.48. The first-order valence-corrected chi connectivity index (χ1v) is 7.62. The summed E-state index contributed by atoms with van der Waals surface area (Å²) < 4.78 is 5.01. The van der Waals surface area contributed by atoms with Crippen LogP contribution in [0, 0.1) is 0 Å². The molecule has 5 amide bonds. The predicted molar refractivity (Wildman–Crippen MR) is 81.6 cm³/mol. The summed E-state index contributed by atoms with van der Waals surface area (Å²) in [6.07, 6.45) is -1.39. The third kappa shape index (κ3) is 3.49. The highest BCUT2D eigenvalue weighted by molar-refractivity contribution is 6.14. The highest BCUT2D eigenvalue weighted by atomic mass is 16.5. The highest BCUT2D eigenvalue weighted by Crippen LogP contribution is 2.21. The SMILES string of the molecule is O=C1CC(N2C(=O)CC(NC(=O)OCc3ccccc3)C2=O)C(=O)N1. The van der Waals surface area contributed by atoms with Crippen molar-refractivity contribution in [3.8, 4) is 0 Å².